The van der Waals surface area contributed by atoms with Gasteiger partial charge in [0.1, 0.15) is 5.82 Å². The van der Waals surface area contributed by atoms with Gasteiger partial charge < -0.3 is 5.32 Å². The number of nitrogens with zero attached hydrogens (tertiary/aromatic N) is 1. The van der Waals surface area contributed by atoms with Gasteiger partial charge in [0.15, 0.2) is 0 Å². The van der Waals surface area contributed by atoms with Gasteiger partial charge in [-0.3, -0.25) is 4.90 Å². The molecule has 0 spiro atoms. The predicted molar refractivity (Wildman–Crippen MR) is 78.2 cm³/mol. The number of halogens is 2. The van der Waals surface area contributed by atoms with Gasteiger partial charge in [-0.2, -0.15) is 0 Å². The summed E-state index contributed by atoms with van der Waals surface area (Å²) in [7, 11) is 0. The highest BCUT2D eigenvalue weighted by molar-refractivity contribution is 5.85. The SMILES string of the molecule is Cl.Fc1ccc([C@@H](C2CCC2)N2CCNCC2)cc1. The number of hydrogen-bond donors (Lipinski definition) is 1. The molecule has 2 fully saturated rings. The van der Waals surface area contributed by atoms with Crippen LogP contribution in [-0.2, 0) is 0 Å². The Morgan fingerprint density at radius 3 is 2.26 bits per heavy atom. The number of benzene rings is 1. The third kappa shape index (κ3) is 3.28. The molecule has 0 radical (unpaired) electrons. The Labute approximate surface area is 120 Å². The number of piperazine rings is 1. The standard InChI is InChI=1S/C15H21FN2.ClH/c16-14-6-4-13(5-7-14)15(12-2-1-3-12)18-10-8-17-9-11-18;/h4-7,12,15,17H,1-3,8-11H2;1H/t15-;/m1./s1. The summed E-state index contributed by atoms with van der Waals surface area (Å²) in [5, 5.41) is 3.40. The van der Waals surface area contributed by atoms with E-state index >= 15 is 0 Å². The summed E-state index contributed by atoms with van der Waals surface area (Å²) < 4.78 is 13.1. The smallest absolute Gasteiger partial charge is 0.123 e. The first-order valence-corrected chi connectivity index (χ1v) is 7.05. The second-order valence-electron chi connectivity index (χ2n) is 5.47. The molecule has 1 aliphatic carbocycles. The summed E-state index contributed by atoms with van der Waals surface area (Å²) in [6.45, 7) is 4.37. The van der Waals surface area contributed by atoms with Crippen molar-refractivity contribution in [3.05, 3.63) is 35.6 Å². The Kier molecular flexibility index (Phi) is 5.20. The van der Waals surface area contributed by atoms with Crippen LogP contribution < -0.4 is 5.32 Å². The lowest BCUT2D eigenvalue weighted by Crippen LogP contribution is -2.47. The average molecular weight is 285 g/mol. The Hall–Kier alpha value is -0.640. The van der Waals surface area contributed by atoms with Crippen LogP contribution in [0.1, 0.15) is 30.9 Å². The summed E-state index contributed by atoms with van der Waals surface area (Å²) in [6.07, 6.45) is 4.01. The van der Waals surface area contributed by atoms with Crippen molar-refractivity contribution in [2.75, 3.05) is 26.2 Å². The summed E-state index contributed by atoms with van der Waals surface area (Å²) >= 11 is 0. The van der Waals surface area contributed by atoms with Crippen LogP contribution in [0.3, 0.4) is 0 Å². The molecule has 2 nitrogen and oxygen atoms in total. The van der Waals surface area contributed by atoms with E-state index < -0.39 is 0 Å². The van der Waals surface area contributed by atoms with E-state index in [0.29, 0.717) is 6.04 Å². The molecule has 0 aromatic heterocycles. The zero-order valence-corrected chi connectivity index (χ0v) is 12.0. The number of rotatable bonds is 3. The normalized spacial score (nSPS) is 22.4. The maximum atomic E-state index is 13.1. The molecule has 3 rings (SSSR count). The molecule has 1 atom stereocenters. The Bertz CT molecular complexity index is 386. The summed E-state index contributed by atoms with van der Waals surface area (Å²) in [5.74, 6) is 0.639. The number of hydrogen-bond acceptors (Lipinski definition) is 2. The van der Waals surface area contributed by atoms with E-state index in [9.17, 15) is 4.39 Å². The molecule has 2 aliphatic rings. The van der Waals surface area contributed by atoms with Gasteiger partial charge >= 0.3 is 0 Å². The minimum atomic E-state index is -0.133. The molecule has 19 heavy (non-hydrogen) atoms. The van der Waals surface area contributed by atoms with Crippen LogP contribution in [0.15, 0.2) is 24.3 Å². The summed E-state index contributed by atoms with van der Waals surface area (Å²) in [6, 6.07) is 7.65. The fourth-order valence-corrected chi connectivity index (χ4v) is 3.16. The lowest BCUT2D eigenvalue weighted by molar-refractivity contribution is 0.0837. The molecular weight excluding hydrogens is 263 g/mol. The molecule has 0 unspecified atom stereocenters. The molecular formula is C15H22ClFN2. The van der Waals surface area contributed by atoms with E-state index in [1.165, 1.54) is 24.8 Å². The topological polar surface area (TPSA) is 15.3 Å². The molecule has 1 saturated heterocycles. The molecule has 4 heteroatoms. The average Bonchev–Trinajstić information content (AvgIpc) is 2.36. The van der Waals surface area contributed by atoms with Crippen molar-refractivity contribution >= 4 is 12.4 Å². The maximum Gasteiger partial charge on any atom is 0.123 e. The molecule has 0 amide bonds. The van der Waals surface area contributed by atoms with Gasteiger partial charge in [-0.15, -0.1) is 12.4 Å². The monoisotopic (exact) mass is 284 g/mol. The molecule has 1 aromatic rings. The van der Waals surface area contributed by atoms with Crippen molar-refractivity contribution in [1.82, 2.24) is 10.2 Å². The molecule has 1 N–H and O–H groups in total. The van der Waals surface area contributed by atoms with Crippen molar-refractivity contribution in [2.45, 2.75) is 25.3 Å². The first-order valence-electron chi connectivity index (χ1n) is 7.05. The third-order valence-corrected chi connectivity index (χ3v) is 4.35. The van der Waals surface area contributed by atoms with Gasteiger partial charge in [-0.25, -0.2) is 4.39 Å². The molecule has 1 aliphatic heterocycles. The van der Waals surface area contributed by atoms with Crippen molar-refractivity contribution in [1.29, 1.82) is 0 Å². The molecule has 1 saturated carbocycles. The third-order valence-electron chi connectivity index (χ3n) is 4.35. The highest BCUT2D eigenvalue weighted by Gasteiger charge is 2.33. The first kappa shape index (κ1) is 14.8. The first-order chi connectivity index (χ1) is 8.84. The van der Waals surface area contributed by atoms with Gasteiger partial charge in [0.05, 0.1) is 0 Å². The van der Waals surface area contributed by atoms with Gasteiger partial charge in [0, 0.05) is 32.2 Å². The second-order valence-corrected chi connectivity index (χ2v) is 5.47. The van der Waals surface area contributed by atoms with Crippen LogP contribution >= 0.6 is 12.4 Å². The van der Waals surface area contributed by atoms with Gasteiger partial charge in [-0.05, 0) is 36.5 Å². The number of nitrogens with one attached hydrogen (secondary N) is 1. The Balaban J connectivity index is 0.00000133. The molecule has 1 aromatic carbocycles. The van der Waals surface area contributed by atoms with Crippen LogP contribution in [-0.4, -0.2) is 31.1 Å². The van der Waals surface area contributed by atoms with E-state index in [4.69, 9.17) is 0 Å². The van der Waals surface area contributed by atoms with Crippen LogP contribution in [0.5, 0.6) is 0 Å². The van der Waals surface area contributed by atoms with Crippen molar-refractivity contribution < 1.29 is 4.39 Å². The van der Waals surface area contributed by atoms with Crippen molar-refractivity contribution in [3.63, 3.8) is 0 Å². The second kappa shape index (κ2) is 6.69. The highest BCUT2D eigenvalue weighted by atomic mass is 35.5. The van der Waals surface area contributed by atoms with Gasteiger partial charge in [-0.1, -0.05) is 18.6 Å². The lowest BCUT2D eigenvalue weighted by atomic mass is 9.76. The van der Waals surface area contributed by atoms with E-state index in [2.05, 4.69) is 10.2 Å². The molecule has 0 bridgehead atoms. The quantitative estimate of drug-likeness (QED) is 0.918. The predicted octanol–water partition coefficient (Wildman–Crippen LogP) is 2.99. The van der Waals surface area contributed by atoms with Crippen molar-refractivity contribution in [3.8, 4) is 0 Å². The zero-order valence-electron chi connectivity index (χ0n) is 11.1. The van der Waals surface area contributed by atoms with E-state index in [1.807, 2.05) is 12.1 Å². The van der Waals surface area contributed by atoms with Gasteiger partial charge in [0.2, 0.25) is 0 Å². The highest BCUT2D eigenvalue weighted by Crippen LogP contribution is 2.41. The van der Waals surface area contributed by atoms with Crippen LogP contribution in [0, 0.1) is 11.7 Å². The van der Waals surface area contributed by atoms with Gasteiger partial charge in [0.25, 0.3) is 0 Å². The summed E-state index contributed by atoms with van der Waals surface area (Å²) in [4.78, 5) is 2.58. The van der Waals surface area contributed by atoms with Crippen LogP contribution in [0.4, 0.5) is 4.39 Å². The van der Waals surface area contributed by atoms with E-state index in [-0.39, 0.29) is 18.2 Å². The Morgan fingerprint density at radius 2 is 1.74 bits per heavy atom. The minimum absolute atomic E-state index is 0. The lowest BCUT2D eigenvalue weighted by Gasteiger charge is -2.43. The van der Waals surface area contributed by atoms with Crippen molar-refractivity contribution in [2.24, 2.45) is 5.92 Å². The molecule has 106 valence electrons. The van der Waals surface area contributed by atoms with Crippen LogP contribution in [0.25, 0.3) is 0 Å². The fraction of sp³-hybridized carbons (Fsp3) is 0.600. The largest absolute Gasteiger partial charge is 0.314 e. The molecule has 1 heterocycles. The fourth-order valence-electron chi connectivity index (χ4n) is 3.16. The maximum absolute atomic E-state index is 13.1. The minimum Gasteiger partial charge on any atom is -0.314 e. The zero-order chi connectivity index (χ0) is 12.4. The Morgan fingerprint density at radius 1 is 1.11 bits per heavy atom. The summed E-state index contributed by atoms with van der Waals surface area (Å²) in [5.41, 5.74) is 1.29. The van der Waals surface area contributed by atoms with Crippen LogP contribution in [0.2, 0.25) is 0 Å². The van der Waals surface area contributed by atoms with E-state index in [1.54, 1.807) is 12.1 Å². The van der Waals surface area contributed by atoms with E-state index in [0.717, 1.165) is 32.1 Å².